The Morgan fingerprint density at radius 2 is 2.39 bits per heavy atom. The normalized spacial score (nSPS) is 20.7. The van der Waals surface area contributed by atoms with Gasteiger partial charge in [-0.25, -0.2) is 0 Å². The van der Waals surface area contributed by atoms with Crippen LogP contribution in [0, 0.1) is 0 Å². The standard InChI is InChI=1S/C14H16BrNOS/c1-9(14-11(15)6-8-18-14)16-12-3-2-4-13-10(12)5-7-17-13/h5-9,12,16H,2-4H2,1H3. The molecule has 2 atom stereocenters. The Kier molecular flexibility index (Phi) is 3.59. The van der Waals surface area contributed by atoms with Crippen LogP contribution in [0.5, 0.6) is 0 Å². The number of halogens is 1. The van der Waals surface area contributed by atoms with Gasteiger partial charge in [-0.15, -0.1) is 11.3 Å². The first-order valence-corrected chi connectivity index (χ1v) is 7.98. The SMILES string of the molecule is CC(NC1CCCc2occc21)c1sccc1Br. The van der Waals surface area contributed by atoms with Crippen LogP contribution in [-0.2, 0) is 6.42 Å². The first-order valence-electron chi connectivity index (χ1n) is 6.31. The highest BCUT2D eigenvalue weighted by molar-refractivity contribution is 9.10. The topological polar surface area (TPSA) is 25.2 Å². The second-order valence-electron chi connectivity index (χ2n) is 4.77. The average molecular weight is 326 g/mol. The molecule has 1 aliphatic rings. The van der Waals surface area contributed by atoms with Gasteiger partial charge in [-0.3, -0.25) is 0 Å². The summed E-state index contributed by atoms with van der Waals surface area (Å²) in [4.78, 5) is 1.37. The highest BCUT2D eigenvalue weighted by atomic mass is 79.9. The van der Waals surface area contributed by atoms with Crippen LogP contribution in [0.4, 0.5) is 0 Å². The second-order valence-corrected chi connectivity index (χ2v) is 6.57. The van der Waals surface area contributed by atoms with Crippen LogP contribution in [0.25, 0.3) is 0 Å². The van der Waals surface area contributed by atoms with Crippen molar-refractivity contribution in [1.29, 1.82) is 0 Å². The van der Waals surface area contributed by atoms with Crippen molar-refractivity contribution < 1.29 is 4.42 Å². The zero-order valence-electron chi connectivity index (χ0n) is 10.3. The van der Waals surface area contributed by atoms with Gasteiger partial charge in [0.15, 0.2) is 0 Å². The Hall–Kier alpha value is -0.580. The van der Waals surface area contributed by atoms with E-state index in [1.165, 1.54) is 27.8 Å². The molecule has 0 aromatic carbocycles. The molecule has 0 amide bonds. The summed E-state index contributed by atoms with van der Waals surface area (Å²) >= 11 is 5.40. The Bertz CT molecular complexity index is 533. The largest absolute Gasteiger partial charge is 0.469 e. The molecule has 0 saturated carbocycles. The Morgan fingerprint density at radius 1 is 1.50 bits per heavy atom. The maximum absolute atomic E-state index is 5.54. The van der Waals surface area contributed by atoms with Gasteiger partial charge in [0.05, 0.1) is 6.26 Å². The molecule has 2 aromatic heterocycles. The fourth-order valence-corrected chi connectivity index (χ4v) is 4.39. The number of rotatable bonds is 3. The van der Waals surface area contributed by atoms with Crippen molar-refractivity contribution in [3.05, 3.63) is 44.4 Å². The summed E-state index contributed by atoms with van der Waals surface area (Å²) in [5.41, 5.74) is 1.35. The molecule has 96 valence electrons. The average Bonchev–Trinajstić information content (AvgIpc) is 2.97. The van der Waals surface area contributed by atoms with Crippen molar-refractivity contribution in [2.45, 2.75) is 38.3 Å². The Labute approximate surface area is 120 Å². The highest BCUT2D eigenvalue weighted by Crippen LogP contribution is 2.35. The van der Waals surface area contributed by atoms with E-state index in [0.717, 1.165) is 12.2 Å². The summed E-state index contributed by atoms with van der Waals surface area (Å²) in [6.45, 7) is 2.23. The first-order chi connectivity index (χ1) is 8.75. The number of fused-ring (bicyclic) bond motifs is 1. The van der Waals surface area contributed by atoms with Gasteiger partial charge in [0.25, 0.3) is 0 Å². The summed E-state index contributed by atoms with van der Waals surface area (Å²) in [5.74, 6) is 1.16. The van der Waals surface area contributed by atoms with E-state index in [1.807, 2.05) is 6.26 Å². The van der Waals surface area contributed by atoms with Crippen LogP contribution < -0.4 is 5.32 Å². The minimum atomic E-state index is 0.366. The van der Waals surface area contributed by atoms with Crippen molar-refractivity contribution in [3.63, 3.8) is 0 Å². The van der Waals surface area contributed by atoms with Crippen LogP contribution in [-0.4, -0.2) is 0 Å². The molecule has 0 bridgehead atoms. The van der Waals surface area contributed by atoms with E-state index in [9.17, 15) is 0 Å². The lowest BCUT2D eigenvalue weighted by Crippen LogP contribution is -2.26. The minimum Gasteiger partial charge on any atom is -0.469 e. The Morgan fingerprint density at radius 3 is 3.17 bits per heavy atom. The predicted octanol–water partition coefficient (Wildman–Crippen LogP) is 4.83. The lowest BCUT2D eigenvalue weighted by atomic mass is 9.93. The van der Waals surface area contributed by atoms with E-state index in [0.29, 0.717) is 12.1 Å². The maximum Gasteiger partial charge on any atom is 0.108 e. The minimum absolute atomic E-state index is 0.366. The first kappa shape index (κ1) is 12.5. The molecule has 1 N–H and O–H groups in total. The predicted molar refractivity (Wildman–Crippen MR) is 78.0 cm³/mol. The third-order valence-corrected chi connectivity index (χ3v) is 5.59. The van der Waals surface area contributed by atoms with Crippen LogP contribution in [0.15, 0.2) is 32.7 Å². The molecule has 2 unspecified atom stereocenters. The van der Waals surface area contributed by atoms with E-state index >= 15 is 0 Å². The molecule has 2 aromatic rings. The molecule has 0 radical (unpaired) electrons. The number of nitrogens with one attached hydrogen (secondary N) is 1. The molecule has 4 heteroatoms. The van der Waals surface area contributed by atoms with Gasteiger partial charge in [0, 0.05) is 33.4 Å². The van der Waals surface area contributed by atoms with E-state index < -0.39 is 0 Å². The van der Waals surface area contributed by atoms with Crippen LogP contribution in [0.2, 0.25) is 0 Å². The zero-order valence-corrected chi connectivity index (χ0v) is 12.7. The third-order valence-electron chi connectivity index (χ3n) is 3.54. The smallest absolute Gasteiger partial charge is 0.108 e. The molecular weight excluding hydrogens is 310 g/mol. The number of hydrogen-bond acceptors (Lipinski definition) is 3. The second kappa shape index (κ2) is 5.19. The summed E-state index contributed by atoms with van der Waals surface area (Å²) in [7, 11) is 0. The van der Waals surface area contributed by atoms with Crippen LogP contribution in [0.1, 0.15) is 48.0 Å². The quantitative estimate of drug-likeness (QED) is 0.874. The van der Waals surface area contributed by atoms with Crippen molar-refractivity contribution in [1.82, 2.24) is 5.32 Å². The van der Waals surface area contributed by atoms with Gasteiger partial charge in [-0.1, -0.05) is 0 Å². The molecule has 18 heavy (non-hydrogen) atoms. The summed E-state index contributed by atoms with van der Waals surface area (Å²) in [6, 6.07) is 5.02. The van der Waals surface area contributed by atoms with E-state index in [4.69, 9.17) is 4.42 Å². The molecular formula is C14H16BrNOS. The zero-order chi connectivity index (χ0) is 12.5. The Balaban J connectivity index is 1.77. The maximum atomic E-state index is 5.54. The summed E-state index contributed by atoms with van der Waals surface area (Å²) < 4.78 is 6.74. The van der Waals surface area contributed by atoms with Gasteiger partial charge in [-0.2, -0.15) is 0 Å². The number of thiophene rings is 1. The third kappa shape index (κ3) is 2.29. The van der Waals surface area contributed by atoms with Crippen LogP contribution >= 0.6 is 27.3 Å². The van der Waals surface area contributed by atoms with Gasteiger partial charge >= 0.3 is 0 Å². The van der Waals surface area contributed by atoms with E-state index in [-0.39, 0.29) is 0 Å². The molecule has 0 fully saturated rings. The lowest BCUT2D eigenvalue weighted by Gasteiger charge is -2.26. The van der Waals surface area contributed by atoms with Crippen molar-refractivity contribution in [2.24, 2.45) is 0 Å². The molecule has 0 saturated heterocycles. The number of hydrogen-bond donors (Lipinski definition) is 1. The van der Waals surface area contributed by atoms with Crippen molar-refractivity contribution >= 4 is 27.3 Å². The van der Waals surface area contributed by atoms with E-state index in [1.54, 1.807) is 11.3 Å². The summed E-state index contributed by atoms with van der Waals surface area (Å²) in [5, 5.41) is 5.85. The van der Waals surface area contributed by atoms with E-state index in [2.05, 4.69) is 45.7 Å². The van der Waals surface area contributed by atoms with Crippen molar-refractivity contribution in [3.8, 4) is 0 Å². The van der Waals surface area contributed by atoms with Gasteiger partial charge in [0.2, 0.25) is 0 Å². The molecule has 2 nitrogen and oxygen atoms in total. The molecule has 2 heterocycles. The monoisotopic (exact) mass is 325 g/mol. The number of aryl methyl sites for hydroxylation is 1. The molecule has 3 rings (SSSR count). The fourth-order valence-electron chi connectivity index (χ4n) is 2.65. The molecule has 0 spiro atoms. The van der Waals surface area contributed by atoms with Crippen LogP contribution in [0.3, 0.4) is 0 Å². The summed E-state index contributed by atoms with van der Waals surface area (Å²) in [6.07, 6.45) is 5.30. The molecule has 1 aliphatic carbocycles. The van der Waals surface area contributed by atoms with Gasteiger partial charge in [0.1, 0.15) is 5.76 Å². The fraction of sp³-hybridized carbons (Fsp3) is 0.429. The van der Waals surface area contributed by atoms with Gasteiger partial charge < -0.3 is 9.73 Å². The number of furan rings is 1. The van der Waals surface area contributed by atoms with Gasteiger partial charge in [-0.05, 0) is 53.2 Å². The highest BCUT2D eigenvalue weighted by Gasteiger charge is 2.24. The lowest BCUT2D eigenvalue weighted by molar-refractivity contribution is 0.387. The molecule has 0 aliphatic heterocycles. The van der Waals surface area contributed by atoms with Crippen molar-refractivity contribution in [2.75, 3.05) is 0 Å².